The molecule has 7 rings (SSSR count). The Morgan fingerprint density at radius 2 is 1.26 bits per heavy atom. The maximum atomic E-state index is 6.29. The summed E-state index contributed by atoms with van der Waals surface area (Å²) in [7, 11) is 0. The largest absolute Gasteiger partial charge is 0.382 e. The Kier molecular flexibility index (Phi) is 4.37. The van der Waals surface area contributed by atoms with Crippen molar-refractivity contribution >= 4 is 48.6 Å². The predicted octanol–water partition coefficient (Wildman–Crippen LogP) is 6.70. The van der Waals surface area contributed by atoms with Crippen LogP contribution in [0.25, 0.3) is 65.0 Å². The maximum Gasteiger partial charge on any atom is 0.186 e. The molecule has 4 aromatic heterocycles. The van der Waals surface area contributed by atoms with Gasteiger partial charge in [-0.3, -0.25) is 5.10 Å². The van der Waals surface area contributed by atoms with E-state index in [4.69, 9.17) is 15.8 Å². The van der Waals surface area contributed by atoms with E-state index in [1.54, 1.807) is 11.3 Å². The molecular formula is C28H18N6S. The monoisotopic (exact) mass is 470 g/mol. The van der Waals surface area contributed by atoms with Crippen molar-refractivity contribution in [1.82, 2.24) is 25.4 Å². The van der Waals surface area contributed by atoms with Crippen molar-refractivity contribution in [3.8, 4) is 33.5 Å². The van der Waals surface area contributed by atoms with Gasteiger partial charge in [-0.2, -0.15) is 5.10 Å². The molecule has 7 aromatic rings. The highest BCUT2D eigenvalue weighted by Crippen LogP contribution is 2.47. The lowest BCUT2D eigenvalue weighted by molar-refractivity contribution is 1.09. The highest BCUT2D eigenvalue weighted by Gasteiger charge is 2.24. The van der Waals surface area contributed by atoms with Crippen LogP contribution in [0.2, 0.25) is 0 Å². The molecule has 0 fully saturated rings. The maximum absolute atomic E-state index is 6.29. The van der Waals surface area contributed by atoms with Crippen LogP contribution in [0.1, 0.15) is 0 Å². The standard InChI is InChI=1S/C28H18N6S/c29-26-22-20(17-12-6-2-7-13-17)25-24(30-27(22)33-32-26)21-19(16-10-4-1-5-11-16)23(31-34-28(21)35-25)18-14-8-3-9-15-18/h1-15,31H,29H2. The van der Waals surface area contributed by atoms with E-state index in [0.29, 0.717) is 11.5 Å². The zero-order chi connectivity index (χ0) is 23.4. The number of hydrogen-bond donors (Lipinski definition) is 2. The van der Waals surface area contributed by atoms with E-state index >= 15 is 0 Å². The molecule has 3 aromatic carbocycles. The van der Waals surface area contributed by atoms with Crippen LogP contribution >= 0.6 is 11.3 Å². The second kappa shape index (κ2) is 7.72. The number of aromatic amines is 1. The Morgan fingerprint density at radius 3 is 1.91 bits per heavy atom. The molecule has 0 aliphatic carbocycles. The molecule has 166 valence electrons. The van der Waals surface area contributed by atoms with Gasteiger partial charge in [-0.05, 0) is 11.1 Å². The van der Waals surface area contributed by atoms with Crippen LogP contribution in [0, 0.1) is 0 Å². The van der Waals surface area contributed by atoms with Crippen LogP contribution in [0.15, 0.2) is 91.0 Å². The minimum absolute atomic E-state index is 0.387. The van der Waals surface area contributed by atoms with Gasteiger partial charge in [0.2, 0.25) is 0 Å². The van der Waals surface area contributed by atoms with Gasteiger partial charge >= 0.3 is 0 Å². The minimum atomic E-state index is 0.387. The van der Waals surface area contributed by atoms with E-state index < -0.39 is 0 Å². The number of hydrogen-bond acceptors (Lipinski definition) is 6. The Balaban J connectivity index is 1.69. The van der Waals surface area contributed by atoms with E-state index in [2.05, 4.69) is 63.8 Å². The molecular weight excluding hydrogens is 452 g/mol. The summed E-state index contributed by atoms with van der Waals surface area (Å²) in [6.07, 6.45) is 0. The van der Waals surface area contributed by atoms with Crippen molar-refractivity contribution in [1.29, 1.82) is 0 Å². The second-order valence-corrected chi connectivity index (χ2v) is 9.30. The van der Waals surface area contributed by atoms with Gasteiger partial charge < -0.3 is 5.73 Å². The lowest BCUT2D eigenvalue weighted by atomic mass is 9.96. The van der Waals surface area contributed by atoms with Crippen molar-refractivity contribution in [2.45, 2.75) is 0 Å². The van der Waals surface area contributed by atoms with E-state index in [-0.39, 0.29) is 0 Å². The van der Waals surface area contributed by atoms with Crippen molar-refractivity contribution in [3.05, 3.63) is 91.0 Å². The fourth-order valence-electron chi connectivity index (χ4n) is 4.72. The smallest absolute Gasteiger partial charge is 0.186 e. The fraction of sp³-hybridized carbons (Fsp3) is 0. The van der Waals surface area contributed by atoms with E-state index in [1.165, 1.54) is 0 Å². The summed E-state index contributed by atoms with van der Waals surface area (Å²) >= 11 is 1.61. The Morgan fingerprint density at radius 1 is 0.657 bits per heavy atom. The van der Waals surface area contributed by atoms with Crippen LogP contribution in [-0.4, -0.2) is 25.4 Å². The third-order valence-corrected chi connectivity index (χ3v) is 7.34. The molecule has 0 saturated carbocycles. The predicted molar refractivity (Wildman–Crippen MR) is 143 cm³/mol. The highest BCUT2D eigenvalue weighted by atomic mass is 32.1. The Labute approximate surface area is 204 Å². The quantitative estimate of drug-likeness (QED) is 0.300. The first-order valence-electron chi connectivity index (χ1n) is 11.2. The molecule has 0 aliphatic rings. The molecule has 0 radical (unpaired) electrons. The first kappa shape index (κ1) is 19.8. The summed E-state index contributed by atoms with van der Waals surface area (Å²) < 4.78 is 1.02. The van der Waals surface area contributed by atoms with Gasteiger partial charge in [0.05, 0.1) is 21.3 Å². The molecule has 0 spiro atoms. The number of thiophene rings is 1. The van der Waals surface area contributed by atoms with E-state index in [9.17, 15) is 0 Å². The highest BCUT2D eigenvalue weighted by molar-refractivity contribution is 7.26. The number of nitrogens with two attached hydrogens (primary N) is 1. The summed E-state index contributed by atoms with van der Waals surface area (Å²) in [6.45, 7) is 0. The molecule has 0 amide bonds. The van der Waals surface area contributed by atoms with E-state index in [1.807, 2.05) is 42.5 Å². The molecule has 35 heavy (non-hydrogen) atoms. The number of benzene rings is 3. The summed E-state index contributed by atoms with van der Waals surface area (Å²) in [5.74, 6) is 0.387. The lowest BCUT2D eigenvalue weighted by Crippen LogP contribution is -1.94. The van der Waals surface area contributed by atoms with Gasteiger partial charge in [0.1, 0.15) is 4.83 Å². The average molecular weight is 471 g/mol. The van der Waals surface area contributed by atoms with Crippen LogP contribution in [0.3, 0.4) is 0 Å². The first-order chi connectivity index (χ1) is 17.3. The third-order valence-electron chi connectivity index (χ3n) is 6.25. The van der Waals surface area contributed by atoms with Gasteiger partial charge in [0.25, 0.3) is 0 Å². The van der Waals surface area contributed by atoms with E-state index in [0.717, 1.165) is 59.3 Å². The van der Waals surface area contributed by atoms with Gasteiger partial charge in [-0.25, -0.2) is 4.98 Å². The van der Waals surface area contributed by atoms with Crippen LogP contribution in [0.5, 0.6) is 0 Å². The number of nitrogens with one attached hydrogen (secondary N) is 1. The Hall–Kier alpha value is -4.62. The van der Waals surface area contributed by atoms with Crippen molar-refractivity contribution < 1.29 is 0 Å². The number of H-pyrrole nitrogens is 1. The van der Waals surface area contributed by atoms with Crippen LogP contribution in [0.4, 0.5) is 5.82 Å². The number of pyridine rings is 1. The molecule has 0 saturated heterocycles. The number of aromatic nitrogens is 5. The topological polar surface area (TPSA) is 93.4 Å². The number of nitrogens with zero attached hydrogens (tertiary/aromatic N) is 4. The number of nitrogen functional groups attached to an aromatic ring is 1. The Bertz CT molecular complexity index is 1840. The zero-order valence-electron chi connectivity index (χ0n) is 18.4. The number of fused-ring (bicyclic) bond motifs is 4. The summed E-state index contributed by atoms with van der Waals surface area (Å²) in [4.78, 5) is 5.87. The molecule has 3 N–H and O–H groups in total. The van der Waals surface area contributed by atoms with Gasteiger partial charge in [0.15, 0.2) is 11.5 Å². The summed E-state index contributed by atoms with van der Waals surface area (Å²) in [5.41, 5.74) is 13.9. The fourth-order valence-corrected chi connectivity index (χ4v) is 5.87. The van der Waals surface area contributed by atoms with Gasteiger partial charge in [0, 0.05) is 22.1 Å². The lowest BCUT2D eigenvalue weighted by Gasteiger charge is -2.12. The molecule has 0 atom stereocenters. The average Bonchev–Trinajstić information content (AvgIpc) is 3.48. The normalized spacial score (nSPS) is 11.5. The molecule has 4 heterocycles. The molecule has 0 unspecified atom stereocenters. The van der Waals surface area contributed by atoms with Crippen molar-refractivity contribution in [3.63, 3.8) is 0 Å². The van der Waals surface area contributed by atoms with Gasteiger partial charge in [-0.1, -0.05) is 91.0 Å². The number of rotatable bonds is 3. The minimum Gasteiger partial charge on any atom is -0.382 e. The SMILES string of the molecule is Nc1nnc2nc3c(sc4n[nH]c(-c5ccccc5)c(-c5ccccc5)c43)c(-c3ccccc3)c12. The van der Waals surface area contributed by atoms with Crippen LogP contribution in [-0.2, 0) is 0 Å². The molecule has 0 bridgehead atoms. The summed E-state index contributed by atoms with van der Waals surface area (Å²) in [5, 5.41) is 18.4. The second-order valence-electron chi connectivity index (χ2n) is 8.30. The van der Waals surface area contributed by atoms with Crippen LogP contribution < -0.4 is 5.73 Å². The zero-order valence-corrected chi connectivity index (χ0v) is 19.3. The summed E-state index contributed by atoms with van der Waals surface area (Å²) in [6, 6.07) is 30.8. The van der Waals surface area contributed by atoms with Crippen molar-refractivity contribution in [2.75, 3.05) is 5.73 Å². The molecule has 7 heteroatoms. The third kappa shape index (κ3) is 3.02. The van der Waals surface area contributed by atoms with Crippen molar-refractivity contribution in [2.24, 2.45) is 0 Å². The van der Waals surface area contributed by atoms with Gasteiger partial charge in [-0.15, -0.1) is 21.5 Å². The first-order valence-corrected chi connectivity index (χ1v) is 12.0. The molecule has 0 aliphatic heterocycles. The number of anilines is 1. The molecule has 6 nitrogen and oxygen atoms in total.